The lowest BCUT2D eigenvalue weighted by atomic mass is 9.97. The van der Waals surface area contributed by atoms with Gasteiger partial charge in [-0.1, -0.05) is 13.8 Å². The number of rotatable bonds is 5. The molecule has 0 spiro atoms. The summed E-state index contributed by atoms with van der Waals surface area (Å²) in [6, 6.07) is 5.53. The molecule has 4 rings (SSSR count). The molecule has 2 aromatic heterocycles. The minimum Gasteiger partial charge on any atom is -0.392 e. The third-order valence-corrected chi connectivity index (χ3v) is 7.41. The van der Waals surface area contributed by atoms with Crippen LogP contribution in [-0.4, -0.2) is 46.0 Å². The summed E-state index contributed by atoms with van der Waals surface area (Å²) < 4.78 is 26.8. The van der Waals surface area contributed by atoms with Gasteiger partial charge in [0.25, 0.3) is 0 Å². The van der Waals surface area contributed by atoms with Crippen molar-refractivity contribution >= 4 is 26.7 Å². The number of hydrogen-bond acceptors (Lipinski definition) is 7. The van der Waals surface area contributed by atoms with Crippen molar-refractivity contribution in [2.45, 2.75) is 57.9 Å². The van der Waals surface area contributed by atoms with Crippen molar-refractivity contribution in [3.8, 4) is 0 Å². The van der Waals surface area contributed by atoms with Crippen molar-refractivity contribution in [2.75, 3.05) is 17.7 Å². The summed E-state index contributed by atoms with van der Waals surface area (Å²) in [7, 11) is -3.47. The molecule has 0 bridgehead atoms. The first-order valence-corrected chi connectivity index (χ1v) is 12.7. The monoisotopic (exact) mass is 458 g/mol. The van der Waals surface area contributed by atoms with Gasteiger partial charge in [-0.25, -0.2) is 18.4 Å². The van der Waals surface area contributed by atoms with Gasteiger partial charge in [0, 0.05) is 53.4 Å². The Morgan fingerprint density at radius 3 is 2.47 bits per heavy atom. The highest BCUT2D eigenvalue weighted by molar-refractivity contribution is 7.90. The van der Waals surface area contributed by atoms with Gasteiger partial charge in [0.05, 0.1) is 23.6 Å². The zero-order chi connectivity index (χ0) is 23.4. The molecule has 8 nitrogen and oxygen atoms in total. The predicted molar refractivity (Wildman–Crippen MR) is 123 cm³/mol. The molecule has 0 amide bonds. The normalized spacial score (nSPS) is 17.8. The van der Waals surface area contributed by atoms with E-state index >= 15 is 0 Å². The zero-order valence-electron chi connectivity index (χ0n) is 19.1. The van der Waals surface area contributed by atoms with E-state index in [4.69, 9.17) is 0 Å². The van der Waals surface area contributed by atoms with E-state index in [0.29, 0.717) is 30.2 Å². The SMILES string of the molecule is Cc1nc(N2CCn3c(cc4cc(CO)c(S(C)(=O)=O)cc43)[C@H]2C(C)C)ncc1[C@@H](C)O. The molecule has 0 saturated carbocycles. The Kier molecular flexibility index (Phi) is 5.77. The molecule has 3 heterocycles. The van der Waals surface area contributed by atoms with Crippen LogP contribution in [0.1, 0.15) is 55.4 Å². The smallest absolute Gasteiger partial charge is 0.226 e. The maximum atomic E-state index is 12.3. The van der Waals surface area contributed by atoms with Crippen LogP contribution < -0.4 is 4.90 Å². The van der Waals surface area contributed by atoms with Crippen molar-refractivity contribution in [2.24, 2.45) is 5.92 Å². The second-order valence-electron chi connectivity index (χ2n) is 8.94. The Labute approximate surface area is 188 Å². The van der Waals surface area contributed by atoms with Gasteiger partial charge in [-0.2, -0.15) is 0 Å². The fraction of sp³-hybridized carbons (Fsp3) is 0.478. The molecule has 3 aromatic rings. The Balaban J connectivity index is 1.86. The van der Waals surface area contributed by atoms with Gasteiger partial charge in [-0.15, -0.1) is 0 Å². The van der Waals surface area contributed by atoms with E-state index in [1.165, 1.54) is 6.26 Å². The van der Waals surface area contributed by atoms with Gasteiger partial charge in [-0.05, 0) is 43.5 Å². The minimum atomic E-state index is -3.47. The predicted octanol–water partition coefficient (Wildman–Crippen LogP) is 2.91. The molecular formula is C23H30N4O4S. The summed E-state index contributed by atoms with van der Waals surface area (Å²) in [6.45, 7) is 8.86. The van der Waals surface area contributed by atoms with Crippen molar-refractivity contribution in [3.63, 3.8) is 0 Å². The number of aliphatic hydroxyl groups is 2. The summed E-state index contributed by atoms with van der Waals surface area (Å²) in [6.07, 6.45) is 2.23. The van der Waals surface area contributed by atoms with Gasteiger partial charge >= 0.3 is 0 Å². The molecule has 0 radical (unpaired) electrons. The van der Waals surface area contributed by atoms with Crippen LogP contribution in [0.2, 0.25) is 0 Å². The standard InChI is InChI=1S/C23H30N4O4S/c1-13(2)22-20-9-16-8-17(12-28)21(32(5,30)31)10-19(16)26(20)6-7-27(22)23-24-11-18(15(4)29)14(3)25-23/h8-11,13,15,22,28-29H,6-7,12H2,1-5H3/t15-,22-/m1/s1. The average molecular weight is 459 g/mol. The fourth-order valence-electron chi connectivity index (χ4n) is 4.77. The number of aryl methyl sites for hydroxylation is 1. The van der Waals surface area contributed by atoms with Gasteiger partial charge in [0.15, 0.2) is 9.84 Å². The number of anilines is 1. The summed E-state index contributed by atoms with van der Waals surface area (Å²) in [5.41, 5.74) is 3.80. The highest BCUT2D eigenvalue weighted by Crippen LogP contribution is 2.39. The van der Waals surface area contributed by atoms with Crippen LogP contribution >= 0.6 is 0 Å². The number of benzene rings is 1. The number of nitrogens with zero attached hydrogens (tertiary/aromatic N) is 4. The van der Waals surface area contributed by atoms with E-state index in [2.05, 4.69) is 39.3 Å². The molecule has 172 valence electrons. The number of fused-ring (bicyclic) bond motifs is 3. The third kappa shape index (κ3) is 3.78. The first kappa shape index (κ1) is 22.7. The first-order chi connectivity index (χ1) is 15.0. The second kappa shape index (κ2) is 8.13. The summed E-state index contributed by atoms with van der Waals surface area (Å²) in [5.74, 6) is 0.861. The Morgan fingerprint density at radius 2 is 1.91 bits per heavy atom. The molecule has 9 heteroatoms. The van der Waals surface area contributed by atoms with Crippen molar-refractivity contribution in [3.05, 3.63) is 46.9 Å². The van der Waals surface area contributed by atoms with Crippen LogP contribution in [0.4, 0.5) is 5.95 Å². The molecule has 1 aliphatic heterocycles. The average Bonchev–Trinajstić information content (AvgIpc) is 3.08. The maximum Gasteiger partial charge on any atom is 0.226 e. The van der Waals surface area contributed by atoms with E-state index in [0.717, 1.165) is 22.3 Å². The molecule has 0 aliphatic carbocycles. The van der Waals surface area contributed by atoms with Crippen LogP contribution in [0.5, 0.6) is 0 Å². The maximum absolute atomic E-state index is 12.3. The zero-order valence-corrected chi connectivity index (χ0v) is 19.9. The van der Waals surface area contributed by atoms with Crippen molar-refractivity contribution in [1.82, 2.24) is 14.5 Å². The fourth-order valence-corrected chi connectivity index (χ4v) is 5.69. The summed E-state index contributed by atoms with van der Waals surface area (Å²) in [5, 5.41) is 20.6. The minimum absolute atomic E-state index is 0.00721. The van der Waals surface area contributed by atoms with E-state index in [9.17, 15) is 18.6 Å². The topological polar surface area (TPSA) is 109 Å². The van der Waals surface area contributed by atoms with Gasteiger partial charge < -0.3 is 19.7 Å². The number of hydrogen-bond donors (Lipinski definition) is 2. The van der Waals surface area contributed by atoms with Crippen molar-refractivity contribution in [1.29, 1.82) is 0 Å². The Hall–Kier alpha value is -2.49. The lowest BCUT2D eigenvalue weighted by Gasteiger charge is -2.39. The van der Waals surface area contributed by atoms with Gasteiger partial charge in [0.1, 0.15) is 0 Å². The van der Waals surface area contributed by atoms with Gasteiger partial charge in [0.2, 0.25) is 5.95 Å². The van der Waals surface area contributed by atoms with Crippen LogP contribution in [-0.2, 0) is 23.0 Å². The second-order valence-corrected chi connectivity index (χ2v) is 10.9. The van der Waals surface area contributed by atoms with E-state index < -0.39 is 15.9 Å². The quantitative estimate of drug-likeness (QED) is 0.605. The largest absolute Gasteiger partial charge is 0.392 e. The lowest BCUT2D eigenvalue weighted by molar-refractivity contribution is 0.197. The highest BCUT2D eigenvalue weighted by Gasteiger charge is 2.33. The molecule has 2 atom stereocenters. The summed E-state index contributed by atoms with van der Waals surface area (Å²) >= 11 is 0. The number of aliphatic hydroxyl groups excluding tert-OH is 2. The molecular weight excluding hydrogens is 428 g/mol. The first-order valence-electron chi connectivity index (χ1n) is 10.8. The Bertz CT molecular complexity index is 1280. The van der Waals surface area contributed by atoms with Crippen LogP contribution in [0.25, 0.3) is 10.9 Å². The molecule has 0 unspecified atom stereocenters. The summed E-state index contributed by atoms with van der Waals surface area (Å²) in [4.78, 5) is 11.6. The van der Waals surface area contributed by atoms with Crippen LogP contribution in [0, 0.1) is 12.8 Å². The third-order valence-electron chi connectivity index (χ3n) is 6.23. The number of sulfone groups is 1. The highest BCUT2D eigenvalue weighted by atomic mass is 32.2. The van der Waals surface area contributed by atoms with Crippen molar-refractivity contribution < 1.29 is 18.6 Å². The molecule has 32 heavy (non-hydrogen) atoms. The lowest BCUT2D eigenvalue weighted by Crippen LogP contribution is -2.41. The van der Waals surface area contributed by atoms with Crippen LogP contribution in [0.3, 0.4) is 0 Å². The van der Waals surface area contributed by atoms with Gasteiger partial charge in [-0.3, -0.25) is 0 Å². The van der Waals surface area contributed by atoms with E-state index in [1.54, 1.807) is 25.3 Å². The molecule has 0 fully saturated rings. The van der Waals surface area contributed by atoms with E-state index in [-0.39, 0.29) is 23.5 Å². The number of aromatic nitrogens is 3. The molecule has 1 aliphatic rings. The molecule has 0 saturated heterocycles. The van der Waals surface area contributed by atoms with Crippen LogP contribution in [0.15, 0.2) is 29.3 Å². The van der Waals surface area contributed by atoms with E-state index in [1.807, 2.05) is 6.92 Å². The molecule has 2 N–H and O–H groups in total. The Morgan fingerprint density at radius 1 is 1.19 bits per heavy atom. The molecule has 1 aromatic carbocycles.